The molecule has 1 N–H and O–H groups in total. The summed E-state index contributed by atoms with van der Waals surface area (Å²) in [7, 11) is 0. The van der Waals surface area contributed by atoms with Gasteiger partial charge >= 0.3 is 0 Å². The molecule has 3 rings (SSSR count). The smallest absolute Gasteiger partial charge is 0.0294 e. The van der Waals surface area contributed by atoms with Crippen molar-refractivity contribution in [1.82, 2.24) is 5.32 Å². The molecule has 0 bridgehead atoms. The molecule has 0 aromatic heterocycles. The largest absolute Gasteiger partial charge is 0.307 e. The van der Waals surface area contributed by atoms with Gasteiger partial charge in [0.15, 0.2) is 0 Å². The minimum absolute atomic E-state index is 0.411. The summed E-state index contributed by atoms with van der Waals surface area (Å²) in [5, 5.41) is 3.74. The number of nitrogens with one attached hydrogen (secondary N) is 1. The Morgan fingerprint density at radius 3 is 2.00 bits per heavy atom. The van der Waals surface area contributed by atoms with Crippen molar-refractivity contribution >= 4 is 31.9 Å². The predicted molar refractivity (Wildman–Crippen MR) is 95.6 cm³/mol. The predicted octanol–water partition coefficient (Wildman–Crippen LogP) is 5.81. The van der Waals surface area contributed by atoms with Crippen LogP contribution in [0.15, 0.2) is 57.5 Å². The fourth-order valence-corrected chi connectivity index (χ4v) is 3.49. The summed E-state index contributed by atoms with van der Waals surface area (Å²) < 4.78 is 2.29. The van der Waals surface area contributed by atoms with E-state index in [1.54, 1.807) is 0 Å². The van der Waals surface area contributed by atoms with Crippen LogP contribution >= 0.6 is 31.9 Å². The van der Waals surface area contributed by atoms with Gasteiger partial charge in [-0.05, 0) is 61.1 Å². The molecule has 0 radical (unpaired) electrons. The number of benzene rings is 2. The van der Waals surface area contributed by atoms with Gasteiger partial charge < -0.3 is 5.32 Å². The van der Waals surface area contributed by atoms with Crippen molar-refractivity contribution in [2.75, 3.05) is 0 Å². The van der Waals surface area contributed by atoms with Gasteiger partial charge in [0.25, 0.3) is 0 Å². The van der Waals surface area contributed by atoms with Crippen LogP contribution in [0.5, 0.6) is 0 Å². The van der Waals surface area contributed by atoms with E-state index < -0.39 is 0 Å². The maximum Gasteiger partial charge on any atom is 0.0294 e. The van der Waals surface area contributed by atoms with Gasteiger partial charge in [-0.15, -0.1) is 0 Å². The van der Waals surface area contributed by atoms with Crippen LogP contribution in [0.1, 0.15) is 42.9 Å². The summed E-state index contributed by atoms with van der Waals surface area (Å²) >= 11 is 6.98. The first kappa shape index (κ1) is 15.3. The zero-order chi connectivity index (χ0) is 14.8. The standard InChI is InChI=1S/C18H19Br2N/c1-12(13-2-6-16(19)7-3-13)21-18-10-15(11-18)14-4-8-17(20)9-5-14/h2-9,12,15,18,21H,10-11H2,1H3/t12-,15?,18?/m1/s1. The number of rotatable bonds is 4. The van der Waals surface area contributed by atoms with Crippen molar-refractivity contribution in [3.63, 3.8) is 0 Å². The second-order valence-corrected chi connectivity index (χ2v) is 7.69. The van der Waals surface area contributed by atoms with Crippen molar-refractivity contribution in [3.05, 3.63) is 68.6 Å². The molecular weight excluding hydrogens is 390 g/mol. The van der Waals surface area contributed by atoms with Crippen LogP contribution in [0, 0.1) is 0 Å². The maximum absolute atomic E-state index is 3.74. The second-order valence-electron chi connectivity index (χ2n) is 5.86. The fraction of sp³-hybridized carbons (Fsp3) is 0.333. The van der Waals surface area contributed by atoms with Crippen LogP contribution in [0.4, 0.5) is 0 Å². The molecule has 0 aliphatic heterocycles. The molecule has 1 aliphatic rings. The molecule has 2 aromatic carbocycles. The van der Waals surface area contributed by atoms with E-state index >= 15 is 0 Å². The normalized spacial score (nSPS) is 22.6. The van der Waals surface area contributed by atoms with Gasteiger partial charge in [0.2, 0.25) is 0 Å². The van der Waals surface area contributed by atoms with Gasteiger partial charge in [-0.1, -0.05) is 56.1 Å². The molecule has 21 heavy (non-hydrogen) atoms. The van der Waals surface area contributed by atoms with E-state index in [2.05, 4.69) is 92.6 Å². The van der Waals surface area contributed by atoms with E-state index in [1.165, 1.54) is 24.0 Å². The van der Waals surface area contributed by atoms with Crippen LogP contribution in [0.25, 0.3) is 0 Å². The lowest BCUT2D eigenvalue weighted by Gasteiger charge is -2.38. The summed E-state index contributed by atoms with van der Waals surface area (Å²) in [5.41, 5.74) is 2.82. The molecular formula is C18H19Br2N. The minimum Gasteiger partial charge on any atom is -0.307 e. The zero-order valence-electron chi connectivity index (χ0n) is 12.0. The van der Waals surface area contributed by atoms with Gasteiger partial charge in [-0.2, -0.15) is 0 Å². The molecule has 1 saturated carbocycles. The topological polar surface area (TPSA) is 12.0 Å². The van der Waals surface area contributed by atoms with Crippen LogP contribution in [-0.4, -0.2) is 6.04 Å². The molecule has 110 valence electrons. The molecule has 0 heterocycles. The molecule has 0 spiro atoms. The third-order valence-corrected chi connectivity index (χ3v) is 5.39. The summed E-state index contributed by atoms with van der Waals surface area (Å²) in [6.07, 6.45) is 2.48. The van der Waals surface area contributed by atoms with Crippen molar-refractivity contribution < 1.29 is 0 Å². The number of hydrogen-bond donors (Lipinski definition) is 1. The molecule has 0 amide bonds. The molecule has 1 fully saturated rings. The highest BCUT2D eigenvalue weighted by Gasteiger charge is 2.30. The summed E-state index contributed by atoms with van der Waals surface area (Å²) in [6, 6.07) is 18.4. The van der Waals surface area contributed by atoms with Gasteiger partial charge in [0, 0.05) is 21.0 Å². The van der Waals surface area contributed by atoms with Gasteiger partial charge in [-0.3, -0.25) is 0 Å². The highest BCUT2D eigenvalue weighted by molar-refractivity contribution is 9.10. The SMILES string of the molecule is C[C@@H](NC1CC(c2ccc(Br)cc2)C1)c1ccc(Br)cc1. The third-order valence-electron chi connectivity index (χ3n) is 4.34. The first-order chi connectivity index (χ1) is 10.1. The molecule has 1 nitrogen and oxygen atoms in total. The highest BCUT2D eigenvalue weighted by Crippen LogP contribution is 2.38. The molecule has 1 atom stereocenters. The fourth-order valence-electron chi connectivity index (χ4n) is 2.96. The molecule has 1 aliphatic carbocycles. The van der Waals surface area contributed by atoms with E-state index in [0.29, 0.717) is 18.0 Å². The Morgan fingerprint density at radius 2 is 1.43 bits per heavy atom. The monoisotopic (exact) mass is 407 g/mol. The Labute approximate surface area is 143 Å². The summed E-state index contributed by atoms with van der Waals surface area (Å²) in [6.45, 7) is 2.25. The lowest BCUT2D eigenvalue weighted by molar-refractivity contribution is 0.271. The van der Waals surface area contributed by atoms with E-state index in [-0.39, 0.29) is 0 Å². The lowest BCUT2D eigenvalue weighted by atomic mass is 9.75. The Kier molecular flexibility index (Phi) is 4.82. The minimum atomic E-state index is 0.411. The number of halogens is 2. The lowest BCUT2D eigenvalue weighted by Crippen LogP contribution is -2.41. The number of hydrogen-bond acceptors (Lipinski definition) is 1. The molecule has 0 saturated heterocycles. The first-order valence-corrected chi connectivity index (χ1v) is 8.97. The highest BCUT2D eigenvalue weighted by atomic mass is 79.9. The van der Waals surface area contributed by atoms with E-state index in [4.69, 9.17) is 0 Å². The Bertz CT molecular complexity index is 586. The average molecular weight is 409 g/mol. The van der Waals surface area contributed by atoms with Crippen molar-refractivity contribution in [1.29, 1.82) is 0 Å². The molecule has 0 unspecified atom stereocenters. The molecule has 2 aromatic rings. The van der Waals surface area contributed by atoms with Crippen molar-refractivity contribution in [2.45, 2.75) is 37.8 Å². The van der Waals surface area contributed by atoms with Crippen LogP contribution in [-0.2, 0) is 0 Å². The Hall–Kier alpha value is -0.640. The maximum atomic E-state index is 3.74. The van der Waals surface area contributed by atoms with E-state index in [9.17, 15) is 0 Å². The third kappa shape index (κ3) is 3.77. The van der Waals surface area contributed by atoms with Crippen LogP contribution in [0.2, 0.25) is 0 Å². The van der Waals surface area contributed by atoms with Crippen LogP contribution in [0.3, 0.4) is 0 Å². The zero-order valence-corrected chi connectivity index (χ0v) is 15.2. The summed E-state index contributed by atoms with van der Waals surface area (Å²) in [5.74, 6) is 0.715. The van der Waals surface area contributed by atoms with E-state index in [1.807, 2.05) is 0 Å². The Balaban J connectivity index is 1.52. The van der Waals surface area contributed by atoms with Crippen LogP contribution < -0.4 is 5.32 Å². The van der Waals surface area contributed by atoms with Crippen molar-refractivity contribution in [3.8, 4) is 0 Å². The second kappa shape index (κ2) is 6.64. The van der Waals surface area contributed by atoms with Crippen molar-refractivity contribution in [2.24, 2.45) is 0 Å². The summed E-state index contributed by atoms with van der Waals surface area (Å²) in [4.78, 5) is 0. The van der Waals surface area contributed by atoms with Gasteiger partial charge in [0.1, 0.15) is 0 Å². The van der Waals surface area contributed by atoms with Gasteiger partial charge in [0.05, 0.1) is 0 Å². The Morgan fingerprint density at radius 1 is 0.905 bits per heavy atom. The van der Waals surface area contributed by atoms with E-state index in [0.717, 1.165) is 8.95 Å². The first-order valence-electron chi connectivity index (χ1n) is 7.39. The quantitative estimate of drug-likeness (QED) is 0.673. The average Bonchev–Trinajstić information content (AvgIpc) is 2.44. The molecule has 3 heteroatoms. The van der Waals surface area contributed by atoms with Gasteiger partial charge in [-0.25, -0.2) is 0 Å².